The summed E-state index contributed by atoms with van der Waals surface area (Å²) in [7, 11) is 0. The fraction of sp³-hybridized carbons (Fsp3) is 0.273. The van der Waals surface area contributed by atoms with E-state index in [-0.39, 0.29) is 18.2 Å². The zero-order chi connectivity index (χ0) is 21.0. The van der Waals surface area contributed by atoms with Crippen LogP contribution in [0.2, 0.25) is 0 Å². The molecule has 1 aliphatic heterocycles. The molecule has 0 aromatic heterocycles. The van der Waals surface area contributed by atoms with Gasteiger partial charge in [-0.15, -0.1) is 0 Å². The molecule has 2 aromatic rings. The topological polar surface area (TPSA) is 79.3 Å². The molecule has 0 N–H and O–H groups in total. The van der Waals surface area contributed by atoms with Crippen molar-refractivity contribution in [3.63, 3.8) is 0 Å². The second-order valence-corrected chi connectivity index (χ2v) is 6.66. The van der Waals surface area contributed by atoms with Crippen LogP contribution in [0.25, 0.3) is 0 Å². The van der Waals surface area contributed by atoms with Crippen molar-refractivity contribution in [2.24, 2.45) is 5.16 Å². The van der Waals surface area contributed by atoms with Crippen LogP contribution in [-0.4, -0.2) is 48.0 Å². The number of fused-ring (bicyclic) bond motifs is 1. The Morgan fingerprint density at radius 2 is 1.69 bits per heavy atom. The fourth-order valence-corrected chi connectivity index (χ4v) is 3.15. The van der Waals surface area contributed by atoms with Gasteiger partial charge < -0.3 is 9.74 Å². The third-order valence-electron chi connectivity index (χ3n) is 4.81. The molecule has 0 saturated heterocycles. The maximum absolute atomic E-state index is 12.9. The van der Waals surface area contributed by atoms with Crippen LogP contribution >= 0.6 is 0 Å². The number of oxime groups is 1. The Balaban J connectivity index is 1.83. The quantitative estimate of drug-likeness (QED) is 0.558. The standard InChI is InChI=1S/C22H23N3O4/c1-4-24(5-2)19(26)14-25-18-9-7-6-8-17(18)20(21(25)27)23-29-22(28)16-12-10-15(3)11-13-16/h6-13H,4-5,14H2,1-3H3/b23-20+. The van der Waals surface area contributed by atoms with E-state index in [9.17, 15) is 14.4 Å². The summed E-state index contributed by atoms with van der Waals surface area (Å²) >= 11 is 0. The Kier molecular flexibility index (Phi) is 6.07. The van der Waals surface area contributed by atoms with Gasteiger partial charge in [-0.25, -0.2) is 4.79 Å². The van der Waals surface area contributed by atoms with Crippen molar-refractivity contribution < 1.29 is 19.2 Å². The van der Waals surface area contributed by atoms with E-state index in [1.807, 2.05) is 20.8 Å². The summed E-state index contributed by atoms with van der Waals surface area (Å²) in [4.78, 5) is 45.7. The number of para-hydroxylation sites is 1. The summed E-state index contributed by atoms with van der Waals surface area (Å²) in [5.74, 6) is -1.28. The van der Waals surface area contributed by atoms with Gasteiger partial charge in [0.25, 0.3) is 5.91 Å². The molecule has 0 fully saturated rings. The number of carbonyl (C=O) groups excluding carboxylic acids is 3. The molecule has 2 amide bonds. The lowest BCUT2D eigenvalue weighted by atomic mass is 10.1. The molecular weight excluding hydrogens is 370 g/mol. The molecule has 1 aliphatic rings. The first kappa shape index (κ1) is 20.3. The molecule has 29 heavy (non-hydrogen) atoms. The Bertz CT molecular complexity index is 962. The van der Waals surface area contributed by atoms with E-state index in [1.54, 1.807) is 53.4 Å². The summed E-state index contributed by atoms with van der Waals surface area (Å²) in [6.07, 6.45) is 0. The van der Waals surface area contributed by atoms with E-state index in [2.05, 4.69) is 5.16 Å². The highest BCUT2D eigenvalue weighted by molar-refractivity contribution is 6.54. The summed E-state index contributed by atoms with van der Waals surface area (Å²) in [6.45, 7) is 6.72. The lowest BCUT2D eigenvalue weighted by Gasteiger charge is -2.23. The minimum Gasteiger partial charge on any atom is -0.342 e. The second-order valence-electron chi connectivity index (χ2n) is 6.66. The first-order valence-corrected chi connectivity index (χ1v) is 9.51. The van der Waals surface area contributed by atoms with Crippen molar-refractivity contribution in [3.8, 4) is 0 Å². The van der Waals surface area contributed by atoms with Crippen molar-refractivity contribution in [2.45, 2.75) is 20.8 Å². The predicted octanol–water partition coefficient (Wildman–Crippen LogP) is 2.77. The van der Waals surface area contributed by atoms with Crippen LogP contribution in [0.5, 0.6) is 0 Å². The molecule has 0 radical (unpaired) electrons. The molecule has 1 heterocycles. The largest absolute Gasteiger partial charge is 0.365 e. The highest BCUT2D eigenvalue weighted by Gasteiger charge is 2.36. The van der Waals surface area contributed by atoms with Crippen LogP contribution in [0.1, 0.15) is 35.3 Å². The predicted molar refractivity (Wildman–Crippen MR) is 110 cm³/mol. The van der Waals surface area contributed by atoms with E-state index < -0.39 is 11.9 Å². The van der Waals surface area contributed by atoms with Gasteiger partial charge in [-0.3, -0.25) is 14.5 Å². The Morgan fingerprint density at radius 1 is 1.03 bits per heavy atom. The summed E-state index contributed by atoms with van der Waals surface area (Å²) in [5.41, 5.74) is 2.46. The Morgan fingerprint density at radius 3 is 2.34 bits per heavy atom. The minimum atomic E-state index is -0.652. The molecular formula is C22H23N3O4. The average Bonchev–Trinajstić information content (AvgIpc) is 2.99. The van der Waals surface area contributed by atoms with Crippen LogP contribution in [0.15, 0.2) is 53.7 Å². The maximum atomic E-state index is 12.9. The van der Waals surface area contributed by atoms with Crippen molar-refractivity contribution in [2.75, 3.05) is 24.5 Å². The van der Waals surface area contributed by atoms with Crippen molar-refractivity contribution >= 4 is 29.2 Å². The van der Waals surface area contributed by atoms with Crippen LogP contribution in [0.3, 0.4) is 0 Å². The Hall–Kier alpha value is -3.48. The van der Waals surface area contributed by atoms with Crippen LogP contribution < -0.4 is 4.90 Å². The monoisotopic (exact) mass is 393 g/mol. The highest BCUT2D eigenvalue weighted by atomic mass is 16.7. The smallest absolute Gasteiger partial charge is 0.342 e. The highest BCUT2D eigenvalue weighted by Crippen LogP contribution is 2.29. The molecule has 2 aromatic carbocycles. The number of hydrogen-bond acceptors (Lipinski definition) is 5. The number of hydrogen-bond donors (Lipinski definition) is 0. The number of likely N-dealkylation sites (N-methyl/N-ethyl adjacent to an activating group) is 1. The van der Waals surface area contributed by atoms with Crippen molar-refractivity contribution in [1.82, 2.24) is 4.90 Å². The van der Waals surface area contributed by atoms with E-state index in [1.165, 1.54) is 4.90 Å². The molecule has 0 saturated carbocycles. The van der Waals surface area contributed by atoms with Gasteiger partial charge in [0.1, 0.15) is 6.54 Å². The molecule has 7 nitrogen and oxygen atoms in total. The second kappa shape index (κ2) is 8.68. The summed E-state index contributed by atoms with van der Waals surface area (Å²) in [6, 6.07) is 13.9. The molecule has 0 unspecified atom stereocenters. The molecule has 150 valence electrons. The van der Waals surface area contributed by atoms with Gasteiger partial charge in [-0.05, 0) is 39.0 Å². The summed E-state index contributed by atoms with van der Waals surface area (Å²) in [5, 5.41) is 3.84. The number of nitrogens with zero attached hydrogens (tertiary/aromatic N) is 3. The number of aryl methyl sites for hydroxylation is 1. The third-order valence-corrected chi connectivity index (χ3v) is 4.81. The van der Waals surface area contributed by atoms with Gasteiger partial charge in [0.05, 0.1) is 11.3 Å². The average molecular weight is 393 g/mol. The molecule has 0 aliphatic carbocycles. The van der Waals surface area contributed by atoms with Crippen LogP contribution in [0, 0.1) is 6.92 Å². The number of carbonyl (C=O) groups is 3. The number of rotatable bonds is 6. The normalized spacial score (nSPS) is 14.1. The van der Waals surface area contributed by atoms with Gasteiger partial charge in [0.2, 0.25) is 5.91 Å². The van der Waals surface area contributed by atoms with Gasteiger partial charge in [0, 0.05) is 18.7 Å². The SMILES string of the molecule is CCN(CC)C(=O)CN1C(=O)/C(=N/OC(=O)c2ccc(C)cc2)c2ccccc21. The molecule has 7 heteroatoms. The molecule has 0 bridgehead atoms. The van der Waals surface area contributed by atoms with Gasteiger partial charge in [-0.2, -0.15) is 0 Å². The number of anilines is 1. The van der Waals surface area contributed by atoms with E-state index in [4.69, 9.17) is 4.84 Å². The van der Waals surface area contributed by atoms with E-state index in [0.29, 0.717) is 29.9 Å². The number of amides is 2. The van der Waals surface area contributed by atoms with Crippen LogP contribution in [-0.2, 0) is 14.4 Å². The Labute approximate surface area is 169 Å². The van der Waals surface area contributed by atoms with Crippen molar-refractivity contribution in [1.29, 1.82) is 0 Å². The first-order chi connectivity index (χ1) is 14.0. The lowest BCUT2D eigenvalue weighted by molar-refractivity contribution is -0.130. The van der Waals surface area contributed by atoms with E-state index >= 15 is 0 Å². The zero-order valence-electron chi connectivity index (χ0n) is 16.7. The minimum absolute atomic E-state index is 0.00779. The van der Waals surface area contributed by atoms with Crippen molar-refractivity contribution in [3.05, 3.63) is 65.2 Å². The molecule has 0 spiro atoms. The summed E-state index contributed by atoms with van der Waals surface area (Å²) < 4.78 is 0. The van der Waals surface area contributed by atoms with Gasteiger partial charge >= 0.3 is 5.97 Å². The molecule has 3 rings (SSSR count). The maximum Gasteiger partial charge on any atom is 0.365 e. The fourth-order valence-electron chi connectivity index (χ4n) is 3.15. The van der Waals surface area contributed by atoms with Crippen LogP contribution in [0.4, 0.5) is 5.69 Å². The van der Waals surface area contributed by atoms with Gasteiger partial charge in [-0.1, -0.05) is 41.1 Å². The lowest BCUT2D eigenvalue weighted by Crippen LogP contribution is -2.42. The molecule has 0 atom stereocenters. The zero-order valence-corrected chi connectivity index (χ0v) is 16.7. The van der Waals surface area contributed by atoms with E-state index in [0.717, 1.165) is 5.56 Å². The number of benzene rings is 2. The third kappa shape index (κ3) is 4.18. The first-order valence-electron chi connectivity index (χ1n) is 9.51. The van der Waals surface area contributed by atoms with Gasteiger partial charge in [0.15, 0.2) is 5.71 Å².